The highest BCUT2D eigenvalue weighted by molar-refractivity contribution is 6.20. The lowest BCUT2D eigenvalue weighted by Gasteiger charge is -2.26. The standard InChI is InChI=1S/C11H14ClNO2/c1-14-11-3-2-8(7-13-11)10-6-9(12)4-5-15-10/h2-3,7,9-10H,4-6H2,1H3. The van der Waals surface area contributed by atoms with Gasteiger partial charge in [0.05, 0.1) is 13.2 Å². The zero-order valence-electron chi connectivity index (χ0n) is 8.65. The lowest BCUT2D eigenvalue weighted by atomic mass is 10.0. The largest absolute Gasteiger partial charge is 0.481 e. The zero-order valence-corrected chi connectivity index (χ0v) is 9.41. The van der Waals surface area contributed by atoms with Gasteiger partial charge in [-0.25, -0.2) is 4.98 Å². The molecule has 1 fully saturated rings. The van der Waals surface area contributed by atoms with E-state index in [0.717, 1.165) is 25.0 Å². The SMILES string of the molecule is COc1ccc(C2CC(Cl)CCO2)cn1. The van der Waals surface area contributed by atoms with Gasteiger partial charge in [0, 0.05) is 24.2 Å². The second-order valence-electron chi connectivity index (χ2n) is 3.61. The highest BCUT2D eigenvalue weighted by atomic mass is 35.5. The molecule has 2 heterocycles. The van der Waals surface area contributed by atoms with Crippen LogP contribution >= 0.6 is 11.6 Å². The summed E-state index contributed by atoms with van der Waals surface area (Å²) in [5.41, 5.74) is 1.07. The fourth-order valence-electron chi connectivity index (χ4n) is 1.69. The first kappa shape index (κ1) is 10.7. The maximum atomic E-state index is 6.09. The van der Waals surface area contributed by atoms with Crippen LogP contribution in [-0.4, -0.2) is 24.1 Å². The Morgan fingerprint density at radius 1 is 1.53 bits per heavy atom. The van der Waals surface area contributed by atoms with Gasteiger partial charge < -0.3 is 9.47 Å². The molecule has 0 spiro atoms. The molecule has 1 aliphatic heterocycles. The van der Waals surface area contributed by atoms with Crippen molar-refractivity contribution in [3.05, 3.63) is 23.9 Å². The number of ether oxygens (including phenoxy) is 2. The molecular weight excluding hydrogens is 214 g/mol. The van der Waals surface area contributed by atoms with E-state index in [4.69, 9.17) is 21.1 Å². The summed E-state index contributed by atoms with van der Waals surface area (Å²) in [6.07, 6.45) is 3.66. The third-order valence-corrected chi connectivity index (χ3v) is 2.96. The highest BCUT2D eigenvalue weighted by Crippen LogP contribution is 2.30. The summed E-state index contributed by atoms with van der Waals surface area (Å²) in [6, 6.07) is 3.82. The van der Waals surface area contributed by atoms with Crippen LogP contribution in [0.4, 0.5) is 0 Å². The Morgan fingerprint density at radius 2 is 2.40 bits per heavy atom. The molecule has 0 aliphatic carbocycles. The van der Waals surface area contributed by atoms with Crippen LogP contribution in [0.5, 0.6) is 5.88 Å². The van der Waals surface area contributed by atoms with E-state index in [0.29, 0.717) is 5.88 Å². The minimum Gasteiger partial charge on any atom is -0.481 e. The smallest absolute Gasteiger partial charge is 0.212 e. The molecule has 1 saturated heterocycles. The number of nitrogens with zero attached hydrogens (tertiary/aromatic N) is 1. The van der Waals surface area contributed by atoms with Gasteiger partial charge in [0.15, 0.2) is 0 Å². The third kappa shape index (κ3) is 2.61. The Kier molecular flexibility index (Phi) is 3.44. The van der Waals surface area contributed by atoms with Crippen LogP contribution in [-0.2, 0) is 4.74 Å². The highest BCUT2D eigenvalue weighted by Gasteiger charge is 2.22. The van der Waals surface area contributed by atoms with Crippen LogP contribution in [0, 0.1) is 0 Å². The van der Waals surface area contributed by atoms with Crippen LogP contribution in [0.3, 0.4) is 0 Å². The third-order valence-electron chi connectivity index (χ3n) is 2.56. The molecule has 1 aliphatic rings. The van der Waals surface area contributed by atoms with Gasteiger partial charge in [0.1, 0.15) is 0 Å². The molecule has 2 unspecified atom stereocenters. The molecule has 3 nitrogen and oxygen atoms in total. The molecule has 0 bridgehead atoms. The predicted molar refractivity (Wildman–Crippen MR) is 58.4 cm³/mol. The fourth-order valence-corrected chi connectivity index (χ4v) is 1.94. The first-order valence-electron chi connectivity index (χ1n) is 5.05. The van der Waals surface area contributed by atoms with E-state index in [1.807, 2.05) is 12.1 Å². The molecule has 0 radical (unpaired) electrons. The van der Waals surface area contributed by atoms with Gasteiger partial charge in [0.2, 0.25) is 5.88 Å². The first-order valence-corrected chi connectivity index (χ1v) is 5.49. The summed E-state index contributed by atoms with van der Waals surface area (Å²) < 4.78 is 10.6. The van der Waals surface area contributed by atoms with Crippen molar-refractivity contribution in [3.8, 4) is 5.88 Å². The Bertz CT molecular complexity index is 315. The molecule has 4 heteroatoms. The predicted octanol–water partition coefficient (Wildman–Crippen LogP) is 2.55. The van der Waals surface area contributed by atoms with E-state index in [1.165, 1.54) is 0 Å². The Hall–Kier alpha value is -0.800. The zero-order chi connectivity index (χ0) is 10.7. The van der Waals surface area contributed by atoms with E-state index >= 15 is 0 Å². The van der Waals surface area contributed by atoms with Crippen LogP contribution in [0.1, 0.15) is 24.5 Å². The number of aromatic nitrogens is 1. The molecule has 2 atom stereocenters. The second kappa shape index (κ2) is 4.81. The van der Waals surface area contributed by atoms with Crippen LogP contribution in [0.25, 0.3) is 0 Å². The van der Waals surface area contributed by atoms with Gasteiger partial charge in [0.25, 0.3) is 0 Å². The minimum absolute atomic E-state index is 0.0830. The van der Waals surface area contributed by atoms with Gasteiger partial charge in [-0.3, -0.25) is 0 Å². The maximum Gasteiger partial charge on any atom is 0.212 e. The summed E-state index contributed by atoms with van der Waals surface area (Å²) in [5, 5.41) is 0.214. The van der Waals surface area contributed by atoms with Crippen LogP contribution in [0.15, 0.2) is 18.3 Å². The average molecular weight is 228 g/mol. The molecule has 0 aromatic carbocycles. The van der Waals surface area contributed by atoms with Gasteiger partial charge in [-0.15, -0.1) is 11.6 Å². The van der Waals surface area contributed by atoms with Crippen molar-refractivity contribution in [2.24, 2.45) is 0 Å². The average Bonchev–Trinajstić information content (AvgIpc) is 2.29. The maximum absolute atomic E-state index is 6.09. The molecule has 1 aromatic heterocycles. The Labute approximate surface area is 94.4 Å². The summed E-state index contributed by atoms with van der Waals surface area (Å²) in [5.74, 6) is 0.622. The number of hydrogen-bond acceptors (Lipinski definition) is 3. The molecule has 1 aromatic rings. The summed E-state index contributed by atoms with van der Waals surface area (Å²) in [4.78, 5) is 4.15. The van der Waals surface area contributed by atoms with Crippen molar-refractivity contribution < 1.29 is 9.47 Å². The van der Waals surface area contributed by atoms with E-state index in [-0.39, 0.29) is 11.5 Å². The van der Waals surface area contributed by atoms with Crippen molar-refractivity contribution in [1.29, 1.82) is 0 Å². The second-order valence-corrected chi connectivity index (χ2v) is 4.23. The van der Waals surface area contributed by atoms with Crippen molar-refractivity contribution in [1.82, 2.24) is 4.98 Å². The van der Waals surface area contributed by atoms with Gasteiger partial charge >= 0.3 is 0 Å². The number of pyridine rings is 1. The number of alkyl halides is 1. The van der Waals surface area contributed by atoms with E-state index in [1.54, 1.807) is 13.3 Å². The molecular formula is C11H14ClNO2. The lowest BCUT2D eigenvalue weighted by molar-refractivity contribution is 0.0166. The molecule has 2 rings (SSSR count). The molecule has 0 amide bonds. The number of rotatable bonds is 2. The van der Waals surface area contributed by atoms with E-state index in [2.05, 4.69) is 4.98 Å². The number of halogens is 1. The quantitative estimate of drug-likeness (QED) is 0.728. The number of hydrogen-bond donors (Lipinski definition) is 0. The monoisotopic (exact) mass is 227 g/mol. The topological polar surface area (TPSA) is 31.4 Å². The lowest BCUT2D eigenvalue weighted by Crippen LogP contribution is -2.19. The molecule has 15 heavy (non-hydrogen) atoms. The first-order chi connectivity index (χ1) is 7.29. The van der Waals surface area contributed by atoms with Crippen molar-refractivity contribution >= 4 is 11.6 Å². The fraction of sp³-hybridized carbons (Fsp3) is 0.545. The summed E-state index contributed by atoms with van der Waals surface area (Å²) in [7, 11) is 1.61. The molecule has 0 N–H and O–H groups in total. The number of methoxy groups -OCH3 is 1. The van der Waals surface area contributed by atoms with Gasteiger partial charge in [-0.05, 0) is 24.5 Å². The van der Waals surface area contributed by atoms with Crippen LogP contribution < -0.4 is 4.74 Å². The Balaban J connectivity index is 2.07. The van der Waals surface area contributed by atoms with Gasteiger partial charge in [-0.1, -0.05) is 0 Å². The van der Waals surface area contributed by atoms with E-state index < -0.39 is 0 Å². The van der Waals surface area contributed by atoms with Crippen LogP contribution in [0.2, 0.25) is 0 Å². The Morgan fingerprint density at radius 3 is 3.00 bits per heavy atom. The van der Waals surface area contributed by atoms with Crippen molar-refractivity contribution in [2.45, 2.75) is 24.3 Å². The van der Waals surface area contributed by atoms with Crippen molar-refractivity contribution in [3.63, 3.8) is 0 Å². The minimum atomic E-state index is 0.0830. The van der Waals surface area contributed by atoms with Crippen molar-refractivity contribution in [2.75, 3.05) is 13.7 Å². The normalized spacial score (nSPS) is 26.3. The summed E-state index contributed by atoms with van der Waals surface area (Å²) >= 11 is 6.09. The summed E-state index contributed by atoms with van der Waals surface area (Å²) in [6.45, 7) is 0.727. The van der Waals surface area contributed by atoms with E-state index in [9.17, 15) is 0 Å². The molecule has 0 saturated carbocycles. The van der Waals surface area contributed by atoms with Gasteiger partial charge in [-0.2, -0.15) is 0 Å². The molecule has 82 valence electrons.